The lowest BCUT2D eigenvalue weighted by Crippen LogP contribution is -2.10. The minimum Gasteiger partial charge on any atom is -0.373 e. The molecule has 0 aliphatic carbocycles. The van der Waals surface area contributed by atoms with Gasteiger partial charge in [-0.05, 0) is 19.9 Å². The molecule has 2 aromatic rings. The highest BCUT2D eigenvalue weighted by molar-refractivity contribution is 5.70. The van der Waals surface area contributed by atoms with Crippen LogP contribution in [0.2, 0.25) is 0 Å². The first-order valence-corrected chi connectivity index (χ1v) is 5.89. The van der Waals surface area contributed by atoms with Crippen LogP contribution in [0, 0.1) is 13.8 Å². The lowest BCUT2D eigenvalue weighted by atomic mass is 10.0. The lowest BCUT2D eigenvalue weighted by Gasteiger charge is -2.15. The number of hydrogen-bond donors (Lipinski definition) is 1. The van der Waals surface area contributed by atoms with Crippen LogP contribution in [0.1, 0.15) is 17.0 Å². The number of anilines is 1. The third-order valence-electron chi connectivity index (χ3n) is 2.88. The monoisotopic (exact) mass is 282 g/mol. The minimum absolute atomic E-state index is 0.0421. The van der Waals surface area contributed by atoms with Gasteiger partial charge in [-0.25, -0.2) is 9.97 Å². The number of nitrogens with one attached hydrogen (secondary N) is 1. The molecule has 0 bridgehead atoms. The van der Waals surface area contributed by atoms with Gasteiger partial charge in [0.1, 0.15) is 11.6 Å². The van der Waals surface area contributed by atoms with E-state index in [1.54, 1.807) is 20.9 Å². The molecule has 106 valence electrons. The highest BCUT2D eigenvalue weighted by atomic mass is 19.4. The molecule has 1 N–H and O–H groups in total. The summed E-state index contributed by atoms with van der Waals surface area (Å²) in [5.74, 6) is 0.899. The van der Waals surface area contributed by atoms with Crippen molar-refractivity contribution < 1.29 is 13.2 Å². The molecule has 0 aliphatic rings. The topological polar surface area (TPSA) is 50.7 Å². The molecule has 0 atom stereocenters. The van der Waals surface area contributed by atoms with Gasteiger partial charge in [0.05, 0.1) is 11.3 Å². The number of nitrogens with zero attached hydrogens (tertiary/aromatic N) is 3. The lowest BCUT2D eigenvalue weighted by molar-refractivity contribution is -0.137. The van der Waals surface area contributed by atoms with Crippen molar-refractivity contribution in [1.82, 2.24) is 15.0 Å². The Hall–Kier alpha value is -2.18. The Morgan fingerprint density at radius 3 is 2.45 bits per heavy atom. The SMILES string of the molecule is CNc1nc(C)nc(-c2cnccc2C(F)(F)F)c1C. The van der Waals surface area contributed by atoms with Gasteiger partial charge in [-0.1, -0.05) is 0 Å². The maximum Gasteiger partial charge on any atom is 0.417 e. The van der Waals surface area contributed by atoms with Crippen molar-refractivity contribution in [3.8, 4) is 11.3 Å². The Balaban J connectivity index is 2.73. The molecule has 2 heterocycles. The fraction of sp³-hybridized carbons (Fsp3) is 0.308. The zero-order valence-corrected chi connectivity index (χ0v) is 11.2. The third kappa shape index (κ3) is 2.56. The molecule has 0 saturated heterocycles. The predicted octanol–water partition coefficient (Wildman–Crippen LogP) is 3.22. The molecule has 0 aromatic carbocycles. The molecule has 0 fully saturated rings. The second-order valence-electron chi connectivity index (χ2n) is 4.26. The second kappa shape index (κ2) is 5.07. The van der Waals surface area contributed by atoms with Gasteiger partial charge in [0, 0.05) is 30.6 Å². The maximum absolute atomic E-state index is 13.1. The van der Waals surface area contributed by atoms with E-state index >= 15 is 0 Å². The largest absolute Gasteiger partial charge is 0.417 e. The molecule has 0 amide bonds. The van der Waals surface area contributed by atoms with E-state index < -0.39 is 11.7 Å². The van der Waals surface area contributed by atoms with E-state index in [1.807, 2.05) is 0 Å². The molecule has 2 rings (SSSR count). The minimum atomic E-state index is -4.45. The quantitative estimate of drug-likeness (QED) is 0.919. The Kier molecular flexibility index (Phi) is 3.61. The van der Waals surface area contributed by atoms with E-state index in [0.29, 0.717) is 17.2 Å². The van der Waals surface area contributed by atoms with E-state index in [4.69, 9.17) is 0 Å². The molecule has 20 heavy (non-hydrogen) atoms. The van der Waals surface area contributed by atoms with Crippen molar-refractivity contribution in [2.45, 2.75) is 20.0 Å². The van der Waals surface area contributed by atoms with Crippen molar-refractivity contribution in [3.63, 3.8) is 0 Å². The second-order valence-corrected chi connectivity index (χ2v) is 4.26. The maximum atomic E-state index is 13.1. The molecule has 0 spiro atoms. The number of aromatic nitrogens is 3. The fourth-order valence-corrected chi connectivity index (χ4v) is 1.96. The van der Waals surface area contributed by atoms with Crippen LogP contribution in [0.15, 0.2) is 18.5 Å². The fourth-order valence-electron chi connectivity index (χ4n) is 1.96. The van der Waals surface area contributed by atoms with E-state index in [9.17, 15) is 13.2 Å². The van der Waals surface area contributed by atoms with E-state index in [2.05, 4.69) is 20.3 Å². The van der Waals surface area contributed by atoms with Crippen molar-refractivity contribution >= 4 is 5.82 Å². The van der Waals surface area contributed by atoms with Crippen molar-refractivity contribution in [2.75, 3.05) is 12.4 Å². The summed E-state index contributed by atoms with van der Waals surface area (Å²) in [6, 6.07) is 0.950. The Bertz CT molecular complexity index is 638. The van der Waals surface area contributed by atoms with Gasteiger partial charge in [0.25, 0.3) is 0 Å². The molecule has 0 aliphatic heterocycles. The summed E-state index contributed by atoms with van der Waals surface area (Å²) < 4.78 is 39.2. The van der Waals surface area contributed by atoms with Crippen LogP contribution in [0.3, 0.4) is 0 Å². The number of hydrogen-bond acceptors (Lipinski definition) is 4. The average Bonchev–Trinajstić information content (AvgIpc) is 2.40. The summed E-state index contributed by atoms with van der Waals surface area (Å²) >= 11 is 0. The summed E-state index contributed by atoms with van der Waals surface area (Å²) in [5, 5.41) is 2.85. The van der Waals surface area contributed by atoms with Crippen LogP contribution in [-0.2, 0) is 6.18 Å². The summed E-state index contributed by atoms with van der Waals surface area (Å²) in [6.07, 6.45) is -2.16. The van der Waals surface area contributed by atoms with Crippen molar-refractivity contribution in [2.24, 2.45) is 0 Å². The Morgan fingerprint density at radius 2 is 1.85 bits per heavy atom. The molecule has 0 unspecified atom stereocenters. The van der Waals surface area contributed by atoms with Crippen LogP contribution >= 0.6 is 0 Å². The molecule has 7 heteroatoms. The zero-order chi connectivity index (χ0) is 14.9. The van der Waals surface area contributed by atoms with Gasteiger partial charge >= 0.3 is 6.18 Å². The van der Waals surface area contributed by atoms with Gasteiger partial charge in [-0.2, -0.15) is 13.2 Å². The first kappa shape index (κ1) is 14.2. The van der Waals surface area contributed by atoms with E-state index in [0.717, 1.165) is 12.3 Å². The van der Waals surface area contributed by atoms with Crippen LogP contribution in [-0.4, -0.2) is 22.0 Å². The summed E-state index contributed by atoms with van der Waals surface area (Å²) in [4.78, 5) is 12.1. The summed E-state index contributed by atoms with van der Waals surface area (Å²) in [5.41, 5.74) is -0.00544. The number of alkyl halides is 3. The number of pyridine rings is 1. The van der Waals surface area contributed by atoms with Gasteiger partial charge in [0.2, 0.25) is 0 Å². The normalized spacial score (nSPS) is 11.5. The van der Waals surface area contributed by atoms with Gasteiger partial charge < -0.3 is 5.32 Å². The summed E-state index contributed by atoms with van der Waals surface area (Å²) in [6.45, 7) is 3.31. The van der Waals surface area contributed by atoms with Crippen LogP contribution in [0.5, 0.6) is 0 Å². The van der Waals surface area contributed by atoms with Crippen LogP contribution < -0.4 is 5.32 Å². The summed E-state index contributed by atoms with van der Waals surface area (Å²) in [7, 11) is 1.66. The zero-order valence-electron chi connectivity index (χ0n) is 11.2. The highest BCUT2D eigenvalue weighted by Crippen LogP contribution is 2.37. The molecular formula is C13H13F3N4. The standard InChI is InChI=1S/C13H13F3N4/c1-7-11(19-8(2)20-12(7)17-3)9-6-18-5-4-10(9)13(14,15)16/h4-6H,1-3H3,(H,17,19,20). The molecule has 0 radical (unpaired) electrons. The molecule has 0 saturated carbocycles. The van der Waals surface area contributed by atoms with Crippen LogP contribution in [0.25, 0.3) is 11.3 Å². The van der Waals surface area contributed by atoms with Crippen molar-refractivity contribution in [1.29, 1.82) is 0 Å². The molecule has 4 nitrogen and oxygen atoms in total. The number of aryl methyl sites for hydroxylation is 1. The number of rotatable bonds is 2. The molecular weight excluding hydrogens is 269 g/mol. The average molecular weight is 282 g/mol. The molecule has 2 aromatic heterocycles. The first-order chi connectivity index (χ1) is 9.34. The van der Waals surface area contributed by atoms with E-state index in [1.165, 1.54) is 6.20 Å². The van der Waals surface area contributed by atoms with Gasteiger partial charge in [-0.3, -0.25) is 4.98 Å². The third-order valence-corrected chi connectivity index (χ3v) is 2.88. The Morgan fingerprint density at radius 1 is 1.15 bits per heavy atom. The van der Waals surface area contributed by atoms with Crippen LogP contribution in [0.4, 0.5) is 19.0 Å². The number of halogens is 3. The van der Waals surface area contributed by atoms with Gasteiger partial charge in [0.15, 0.2) is 0 Å². The van der Waals surface area contributed by atoms with Crippen molar-refractivity contribution in [3.05, 3.63) is 35.4 Å². The smallest absolute Gasteiger partial charge is 0.373 e. The Labute approximate surface area is 114 Å². The highest BCUT2D eigenvalue weighted by Gasteiger charge is 2.34. The van der Waals surface area contributed by atoms with Gasteiger partial charge in [-0.15, -0.1) is 0 Å². The van der Waals surface area contributed by atoms with E-state index in [-0.39, 0.29) is 11.3 Å². The predicted molar refractivity (Wildman–Crippen MR) is 69.3 cm³/mol. The first-order valence-electron chi connectivity index (χ1n) is 5.89.